The molecule has 3 aromatic rings. The Morgan fingerprint density at radius 2 is 2.20 bits per heavy atom. The summed E-state index contributed by atoms with van der Waals surface area (Å²) in [5.41, 5.74) is 2.56. The zero-order chi connectivity index (χ0) is 21.3. The summed E-state index contributed by atoms with van der Waals surface area (Å²) < 4.78 is 32.1. The van der Waals surface area contributed by atoms with Crippen LogP contribution in [-0.4, -0.2) is 47.7 Å². The number of ketones is 1. The molecule has 1 fully saturated rings. The maximum atomic E-state index is 14.5. The molecule has 2 aromatic carbocycles. The number of H-pyrrole nitrogens is 1. The highest BCUT2D eigenvalue weighted by Crippen LogP contribution is 2.26. The summed E-state index contributed by atoms with van der Waals surface area (Å²) in [7, 11) is 0. The minimum absolute atomic E-state index is 0.0915. The van der Waals surface area contributed by atoms with Crippen LogP contribution in [0.3, 0.4) is 0 Å². The number of hydrogen-bond acceptors (Lipinski definition) is 5. The third kappa shape index (κ3) is 4.72. The van der Waals surface area contributed by atoms with Crippen molar-refractivity contribution in [2.24, 2.45) is 0 Å². The molecule has 0 spiro atoms. The fourth-order valence-electron chi connectivity index (χ4n) is 3.59. The Labute approximate surface area is 187 Å². The number of carbonyl (C=O) groups is 1. The number of ether oxygens (including phenoxy) is 3. The van der Waals surface area contributed by atoms with Gasteiger partial charge in [-0.15, -0.1) is 0 Å². The van der Waals surface area contributed by atoms with Gasteiger partial charge in [-0.1, -0.05) is 6.07 Å². The number of halogens is 2. The summed E-state index contributed by atoms with van der Waals surface area (Å²) in [6.07, 6.45) is 1.75. The minimum Gasteiger partial charge on any atom is -0.371 e. The smallest absolute Gasteiger partial charge is 0.188 e. The molecule has 0 amide bonds. The van der Waals surface area contributed by atoms with Crippen molar-refractivity contribution in [3.8, 4) is 0 Å². The Hall–Kier alpha value is -1.88. The van der Waals surface area contributed by atoms with Crippen LogP contribution in [-0.2, 0) is 20.6 Å². The van der Waals surface area contributed by atoms with Gasteiger partial charge in [0.25, 0.3) is 0 Å². The first-order valence-electron chi connectivity index (χ1n) is 9.64. The number of benzene rings is 2. The highest BCUT2D eigenvalue weighted by atomic mass is 127. The number of aromatic nitrogens is 2. The van der Waals surface area contributed by atoms with Crippen LogP contribution in [0.1, 0.15) is 35.3 Å². The molecule has 1 aromatic heterocycles. The molecule has 2 heterocycles. The molecule has 0 radical (unpaired) electrons. The second kappa shape index (κ2) is 8.70. The van der Waals surface area contributed by atoms with E-state index in [0.717, 1.165) is 20.0 Å². The zero-order valence-corrected chi connectivity index (χ0v) is 18.9. The van der Waals surface area contributed by atoms with E-state index < -0.39 is 5.79 Å². The normalized spacial score (nSPS) is 18.2. The van der Waals surface area contributed by atoms with Crippen LogP contribution in [0.25, 0.3) is 10.9 Å². The summed E-state index contributed by atoms with van der Waals surface area (Å²) in [6.45, 7) is 4.29. The van der Waals surface area contributed by atoms with Crippen molar-refractivity contribution in [3.63, 3.8) is 0 Å². The van der Waals surface area contributed by atoms with E-state index in [1.807, 2.05) is 19.9 Å². The third-order valence-corrected chi connectivity index (χ3v) is 5.69. The van der Waals surface area contributed by atoms with Gasteiger partial charge in [0.05, 0.1) is 24.9 Å². The Balaban J connectivity index is 1.53. The number of aromatic amines is 1. The van der Waals surface area contributed by atoms with Gasteiger partial charge in [0.1, 0.15) is 18.5 Å². The molecule has 0 bridgehead atoms. The van der Waals surface area contributed by atoms with Crippen molar-refractivity contribution >= 4 is 39.3 Å². The van der Waals surface area contributed by atoms with Crippen LogP contribution in [0.5, 0.6) is 0 Å². The molecule has 8 heteroatoms. The van der Waals surface area contributed by atoms with Crippen LogP contribution in [0.15, 0.2) is 36.5 Å². The quantitative estimate of drug-likeness (QED) is 0.370. The van der Waals surface area contributed by atoms with Crippen molar-refractivity contribution in [2.75, 3.05) is 19.8 Å². The van der Waals surface area contributed by atoms with Crippen molar-refractivity contribution in [2.45, 2.75) is 32.2 Å². The highest BCUT2D eigenvalue weighted by Gasteiger charge is 2.32. The second-order valence-corrected chi connectivity index (χ2v) is 8.97. The minimum atomic E-state index is -0.630. The summed E-state index contributed by atoms with van der Waals surface area (Å²) in [4.78, 5) is 12.9. The lowest BCUT2D eigenvalue weighted by atomic mass is 9.94. The lowest BCUT2D eigenvalue weighted by molar-refractivity contribution is -0.144. The summed E-state index contributed by atoms with van der Waals surface area (Å²) in [6, 6.07) is 8.63. The molecule has 1 saturated heterocycles. The molecular weight excluding hydrogens is 502 g/mol. The van der Waals surface area contributed by atoms with Crippen LogP contribution in [0, 0.1) is 9.39 Å². The van der Waals surface area contributed by atoms with E-state index >= 15 is 0 Å². The lowest BCUT2D eigenvalue weighted by Crippen LogP contribution is -2.25. The van der Waals surface area contributed by atoms with E-state index in [-0.39, 0.29) is 37.3 Å². The first-order chi connectivity index (χ1) is 14.3. The van der Waals surface area contributed by atoms with E-state index in [4.69, 9.17) is 14.2 Å². The first-order valence-corrected chi connectivity index (χ1v) is 10.7. The number of fused-ring (bicyclic) bond motifs is 1. The predicted octanol–water partition coefficient (Wildman–Crippen LogP) is 4.25. The maximum absolute atomic E-state index is 14.5. The van der Waals surface area contributed by atoms with E-state index in [0.29, 0.717) is 17.7 Å². The fourth-order valence-corrected chi connectivity index (χ4v) is 4.04. The number of hydrogen-bond donors (Lipinski definition) is 1. The Morgan fingerprint density at radius 1 is 1.37 bits per heavy atom. The van der Waals surface area contributed by atoms with Crippen LogP contribution >= 0.6 is 22.6 Å². The van der Waals surface area contributed by atoms with Gasteiger partial charge in [-0.05, 0) is 71.8 Å². The SMILES string of the molecule is CC1(C)OC[C@H](COCC(=O)c2ccc3[nH]ncc3c2Cc2ccc(I)cc2F)O1. The van der Waals surface area contributed by atoms with Gasteiger partial charge < -0.3 is 14.2 Å². The summed E-state index contributed by atoms with van der Waals surface area (Å²) >= 11 is 2.07. The summed E-state index contributed by atoms with van der Waals surface area (Å²) in [5.74, 6) is -1.09. The van der Waals surface area contributed by atoms with Crippen LogP contribution < -0.4 is 0 Å². The van der Waals surface area contributed by atoms with E-state index in [1.54, 1.807) is 24.4 Å². The Kier molecular flexibility index (Phi) is 6.19. The topological polar surface area (TPSA) is 73.4 Å². The lowest BCUT2D eigenvalue weighted by Gasteiger charge is -2.17. The van der Waals surface area contributed by atoms with E-state index in [2.05, 4.69) is 32.8 Å². The van der Waals surface area contributed by atoms with Crippen molar-refractivity contribution in [3.05, 3.63) is 62.6 Å². The molecule has 30 heavy (non-hydrogen) atoms. The van der Waals surface area contributed by atoms with Gasteiger partial charge in [0.2, 0.25) is 0 Å². The number of nitrogens with one attached hydrogen (secondary N) is 1. The average molecular weight is 524 g/mol. The molecule has 158 valence electrons. The zero-order valence-electron chi connectivity index (χ0n) is 16.7. The number of Topliss-reactive ketones (excluding diaryl/α,β-unsaturated/α-hetero) is 1. The molecule has 0 saturated carbocycles. The van der Waals surface area contributed by atoms with Gasteiger partial charge >= 0.3 is 0 Å². The number of rotatable bonds is 7. The van der Waals surface area contributed by atoms with Crippen LogP contribution in [0.4, 0.5) is 4.39 Å². The molecular formula is C22H22FIN2O4. The Bertz CT molecular complexity index is 1080. The van der Waals surface area contributed by atoms with E-state index in [1.165, 1.54) is 6.07 Å². The fraction of sp³-hybridized carbons (Fsp3) is 0.364. The third-order valence-electron chi connectivity index (χ3n) is 5.02. The molecule has 0 aliphatic carbocycles. The monoisotopic (exact) mass is 524 g/mol. The molecule has 1 aliphatic rings. The molecule has 1 aliphatic heterocycles. The Morgan fingerprint density at radius 3 is 2.93 bits per heavy atom. The van der Waals surface area contributed by atoms with Crippen molar-refractivity contribution in [1.29, 1.82) is 0 Å². The standard InChI is InChI=1S/C22H22FIN2O4/c1-22(2)29-11-15(30-22)10-28-12-21(27)16-5-6-20-18(9-25-26-20)17(16)7-13-3-4-14(24)8-19(13)23/h3-6,8-9,15H,7,10-12H2,1-2H3,(H,25,26)/t15-/m0/s1. The largest absolute Gasteiger partial charge is 0.371 e. The molecule has 1 N–H and O–H groups in total. The predicted molar refractivity (Wildman–Crippen MR) is 118 cm³/mol. The molecule has 4 rings (SSSR count). The van der Waals surface area contributed by atoms with E-state index in [9.17, 15) is 9.18 Å². The van der Waals surface area contributed by atoms with Crippen LogP contribution in [0.2, 0.25) is 0 Å². The van der Waals surface area contributed by atoms with Gasteiger partial charge in [0.15, 0.2) is 11.6 Å². The summed E-state index contributed by atoms with van der Waals surface area (Å²) in [5, 5.41) is 7.78. The van der Waals surface area contributed by atoms with Crippen molar-refractivity contribution in [1.82, 2.24) is 10.2 Å². The van der Waals surface area contributed by atoms with Gasteiger partial charge in [-0.3, -0.25) is 9.89 Å². The van der Waals surface area contributed by atoms with Gasteiger partial charge in [-0.25, -0.2) is 4.39 Å². The molecule has 6 nitrogen and oxygen atoms in total. The molecule has 1 atom stereocenters. The second-order valence-electron chi connectivity index (χ2n) is 7.72. The van der Waals surface area contributed by atoms with Gasteiger partial charge in [0, 0.05) is 20.9 Å². The first kappa shape index (κ1) is 21.4. The number of nitrogens with zero attached hydrogens (tertiary/aromatic N) is 1. The van der Waals surface area contributed by atoms with Gasteiger partial charge in [-0.2, -0.15) is 5.10 Å². The maximum Gasteiger partial charge on any atom is 0.188 e. The molecule has 0 unspecified atom stereocenters. The average Bonchev–Trinajstić information content (AvgIpc) is 3.30. The van der Waals surface area contributed by atoms with Crippen molar-refractivity contribution < 1.29 is 23.4 Å². The number of carbonyl (C=O) groups excluding carboxylic acids is 1. The highest BCUT2D eigenvalue weighted by molar-refractivity contribution is 14.1.